The van der Waals surface area contributed by atoms with Crippen molar-refractivity contribution < 1.29 is 38.7 Å². The number of aliphatic hydroxyl groups is 2. The minimum atomic E-state index is 0. The number of aliphatic hydroxyl groups excluding tert-OH is 2. The third kappa shape index (κ3) is 70.7. The predicted octanol–water partition coefficient (Wildman–Crippen LogP) is 18.7. The first-order valence-electron chi connectivity index (χ1n) is 30.8. The fraction of sp³-hybridized carbons (Fsp3) is 0.969. The van der Waals surface area contributed by atoms with Crippen molar-refractivity contribution >= 4 is 11.9 Å². The van der Waals surface area contributed by atoms with E-state index in [4.69, 9.17) is 29.2 Å². The molecule has 10 heteroatoms. The average Bonchev–Trinajstić information content (AvgIpc) is 3.82. The molecule has 0 aromatic rings. The number of hydrogen-bond acceptors (Lipinski definition) is 10. The first-order chi connectivity index (χ1) is 34.7. The van der Waals surface area contributed by atoms with E-state index in [0.29, 0.717) is 32.3 Å². The maximum absolute atomic E-state index is 12.2. The summed E-state index contributed by atoms with van der Waals surface area (Å²) in [7, 11) is 4.17. The van der Waals surface area contributed by atoms with Gasteiger partial charge in [0.1, 0.15) is 12.9 Å². The van der Waals surface area contributed by atoms with Gasteiger partial charge in [-0.1, -0.05) is 225 Å². The zero-order valence-corrected chi connectivity index (χ0v) is 49.2. The molecule has 10 nitrogen and oxygen atoms in total. The Labute approximate surface area is 472 Å². The lowest BCUT2D eigenvalue weighted by Gasteiger charge is -2.18. The van der Waals surface area contributed by atoms with Crippen LogP contribution in [0.3, 0.4) is 0 Å². The fourth-order valence-electron chi connectivity index (χ4n) is 9.11. The number of rotatable bonds is 49. The van der Waals surface area contributed by atoms with E-state index in [2.05, 4.69) is 51.6 Å². The van der Waals surface area contributed by atoms with Crippen LogP contribution in [0.25, 0.3) is 0 Å². The fourth-order valence-corrected chi connectivity index (χ4v) is 9.11. The lowest BCUT2D eigenvalue weighted by Crippen LogP contribution is -2.25. The maximum Gasteiger partial charge on any atom is 0.306 e. The van der Waals surface area contributed by atoms with Crippen LogP contribution in [0.2, 0.25) is 0 Å². The van der Waals surface area contributed by atoms with Crippen molar-refractivity contribution in [2.45, 2.75) is 334 Å². The number of hydrogen-bond donors (Lipinski definition) is 2. The van der Waals surface area contributed by atoms with Gasteiger partial charge in [-0.25, -0.2) is 0 Å². The minimum absolute atomic E-state index is 0. The molecule has 1 aliphatic rings. The van der Waals surface area contributed by atoms with Crippen LogP contribution in [0.5, 0.6) is 0 Å². The van der Waals surface area contributed by atoms with Crippen LogP contribution < -0.4 is 0 Å². The molecule has 0 spiro atoms. The molecule has 2 N–H and O–H groups in total. The SMILES string of the molecule is C.C.C.C.CC.CCCCCC(CCCCC)CCCOC(=O)CCCCCCCN1CC[C@@H](OCOCCCN(C)C)C1.CCCCCCCCC(CCCCCCCC)OC(=O)CCCCCCCO.CCO. The largest absolute Gasteiger partial charge is 0.466 e. The van der Waals surface area contributed by atoms with Gasteiger partial charge in [-0.2, -0.15) is 0 Å². The number of ether oxygens (including phenoxy) is 4. The molecule has 1 heterocycles. The van der Waals surface area contributed by atoms with Gasteiger partial charge in [-0.05, 0) is 117 Å². The second-order valence-corrected chi connectivity index (χ2v) is 20.6. The van der Waals surface area contributed by atoms with Crippen molar-refractivity contribution in [1.82, 2.24) is 9.80 Å². The molecule has 1 atom stereocenters. The minimum Gasteiger partial charge on any atom is -0.466 e. The van der Waals surface area contributed by atoms with Crippen LogP contribution in [-0.2, 0) is 28.5 Å². The summed E-state index contributed by atoms with van der Waals surface area (Å²) in [6.07, 6.45) is 45.1. The first-order valence-corrected chi connectivity index (χ1v) is 30.8. The van der Waals surface area contributed by atoms with Gasteiger partial charge in [-0.3, -0.25) is 9.59 Å². The third-order valence-corrected chi connectivity index (χ3v) is 13.4. The topological polar surface area (TPSA) is 118 Å². The molecule has 0 bridgehead atoms. The van der Waals surface area contributed by atoms with Crippen LogP contribution in [0.1, 0.15) is 322 Å². The van der Waals surface area contributed by atoms with Crippen molar-refractivity contribution in [3.8, 4) is 0 Å². The molecule has 75 heavy (non-hydrogen) atoms. The van der Waals surface area contributed by atoms with E-state index < -0.39 is 0 Å². The molecule has 0 amide bonds. The van der Waals surface area contributed by atoms with Crippen LogP contribution in [0, 0.1) is 5.92 Å². The summed E-state index contributed by atoms with van der Waals surface area (Å²) in [5.74, 6) is 0.829. The average molecular weight is 1080 g/mol. The van der Waals surface area contributed by atoms with Gasteiger partial charge in [-0.15, -0.1) is 0 Å². The molecule has 1 rings (SSSR count). The highest BCUT2D eigenvalue weighted by Crippen LogP contribution is 2.23. The van der Waals surface area contributed by atoms with Crippen molar-refractivity contribution in [1.29, 1.82) is 0 Å². The predicted molar refractivity (Wildman–Crippen MR) is 331 cm³/mol. The van der Waals surface area contributed by atoms with Gasteiger partial charge in [0.25, 0.3) is 0 Å². The molecule has 460 valence electrons. The van der Waals surface area contributed by atoms with Crippen LogP contribution in [0.4, 0.5) is 0 Å². The number of nitrogens with zero attached hydrogens (tertiary/aromatic N) is 2. The maximum atomic E-state index is 12.2. The normalized spacial score (nSPS) is 12.7. The Balaban J connectivity index is -0.000000223. The molecule has 1 fully saturated rings. The highest BCUT2D eigenvalue weighted by atomic mass is 16.7. The number of unbranched alkanes of at least 4 members (excludes halogenated alkanes) is 22. The van der Waals surface area contributed by atoms with Crippen molar-refractivity contribution in [2.75, 3.05) is 73.5 Å². The lowest BCUT2D eigenvalue weighted by molar-refractivity contribution is -0.150. The van der Waals surface area contributed by atoms with Crippen LogP contribution >= 0.6 is 0 Å². The number of esters is 2. The molecular formula is C65H142N2O8. The monoisotopic (exact) mass is 1080 g/mol. The highest BCUT2D eigenvalue weighted by Gasteiger charge is 2.22. The zero-order valence-electron chi connectivity index (χ0n) is 49.2. The number of likely N-dealkylation sites (tertiary alicyclic amines) is 1. The van der Waals surface area contributed by atoms with E-state index in [-0.39, 0.29) is 61.0 Å². The van der Waals surface area contributed by atoms with E-state index in [0.717, 1.165) is 116 Å². The van der Waals surface area contributed by atoms with Gasteiger partial charge in [0, 0.05) is 39.1 Å². The Morgan fingerprint density at radius 3 is 1.47 bits per heavy atom. The molecule has 0 unspecified atom stereocenters. The highest BCUT2D eigenvalue weighted by molar-refractivity contribution is 5.69. The molecule has 1 saturated heterocycles. The molecule has 0 aliphatic carbocycles. The van der Waals surface area contributed by atoms with Gasteiger partial charge in [0.15, 0.2) is 0 Å². The first kappa shape index (κ1) is 87.6. The quantitative estimate of drug-likeness (QED) is 0.0346. The molecule has 0 aromatic heterocycles. The summed E-state index contributed by atoms with van der Waals surface area (Å²) in [6, 6.07) is 0. The standard InChI is InChI=1S/C32H64N2O4.C25H50O3.C2H6O.C2H6.4CH4/c1-5-7-12-18-30(19-13-8-6-2)20-16-27-37-32(35)21-14-10-9-11-15-24-34-25-22-31(28-34)38-29-36-26-17-23-33(3)4;1-3-5-7-9-12-16-20-24(21-17-13-10-8-6-4-2)28-25(27)22-18-14-11-15-19-23-26;1-2-3;1-2;;;;/h30-31H,5-29H2,1-4H3;24,26H,3-23H2,1-2H3;3H,2H2,1H3;1-2H3;4*1H4/t31-;;;;;;;/m1......./s1. The summed E-state index contributed by atoms with van der Waals surface area (Å²) in [5.41, 5.74) is 0. The molecule has 0 radical (unpaired) electrons. The Hall–Kier alpha value is -1.30. The van der Waals surface area contributed by atoms with Crippen LogP contribution in [0.15, 0.2) is 0 Å². The number of carbonyl (C=O) groups is 2. The van der Waals surface area contributed by atoms with E-state index >= 15 is 0 Å². The summed E-state index contributed by atoms with van der Waals surface area (Å²) in [5, 5.41) is 16.4. The van der Waals surface area contributed by atoms with E-state index in [1.807, 2.05) is 13.8 Å². The van der Waals surface area contributed by atoms with Crippen LogP contribution in [-0.4, -0.2) is 118 Å². The number of carbonyl (C=O) groups excluding carboxylic acids is 2. The molecule has 1 aliphatic heterocycles. The van der Waals surface area contributed by atoms with Gasteiger partial charge >= 0.3 is 11.9 Å². The van der Waals surface area contributed by atoms with Gasteiger partial charge in [0.2, 0.25) is 0 Å². The molecule has 0 saturated carbocycles. The van der Waals surface area contributed by atoms with Gasteiger partial charge in [0.05, 0.1) is 19.3 Å². The van der Waals surface area contributed by atoms with E-state index in [1.54, 1.807) is 6.92 Å². The van der Waals surface area contributed by atoms with E-state index in [9.17, 15) is 9.59 Å². The second kappa shape index (κ2) is 74.8. The Morgan fingerprint density at radius 2 is 0.960 bits per heavy atom. The summed E-state index contributed by atoms with van der Waals surface area (Å²) in [4.78, 5) is 29.0. The van der Waals surface area contributed by atoms with Crippen molar-refractivity contribution in [3.63, 3.8) is 0 Å². The molecular weight excluding hydrogens is 937 g/mol. The lowest BCUT2D eigenvalue weighted by atomic mass is 9.91. The summed E-state index contributed by atoms with van der Waals surface area (Å²) < 4.78 is 22.9. The van der Waals surface area contributed by atoms with Gasteiger partial charge < -0.3 is 39.0 Å². The Bertz CT molecular complexity index is 994. The Morgan fingerprint density at radius 1 is 0.533 bits per heavy atom. The second-order valence-electron chi connectivity index (χ2n) is 20.6. The smallest absolute Gasteiger partial charge is 0.306 e. The summed E-state index contributed by atoms with van der Waals surface area (Å²) in [6.45, 7) is 21.4. The third-order valence-electron chi connectivity index (χ3n) is 13.4. The van der Waals surface area contributed by atoms with Crippen molar-refractivity contribution in [2.24, 2.45) is 5.92 Å². The molecule has 0 aromatic carbocycles. The zero-order chi connectivity index (χ0) is 53.1. The summed E-state index contributed by atoms with van der Waals surface area (Å²) >= 11 is 0. The Kier molecular flexibility index (Phi) is 87.3. The van der Waals surface area contributed by atoms with Crippen molar-refractivity contribution in [3.05, 3.63) is 0 Å². The van der Waals surface area contributed by atoms with E-state index in [1.165, 1.54) is 154 Å².